The van der Waals surface area contributed by atoms with Crippen LogP contribution < -0.4 is 4.74 Å². The van der Waals surface area contributed by atoms with Crippen LogP contribution in [0.5, 0.6) is 5.75 Å². The number of hydrogen-bond donors (Lipinski definition) is 1. The molecule has 0 aliphatic rings. The van der Waals surface area contributed by atoms with E-state index in [0.717, 1.165) is 32.2 Å². The fraction of sp³-hybridized carbons (Fsp3) is 0.0769. The van der Waals surface area contributed by atoms with E-state index in [1.165, 1.54) is 11.3 Å². The van der Waals surface area contributed by atoms with Crippen LogP contribution in [-0.2, 0) is 0 Å². The second-order valence-electron chi connectivity index (χ2n) is 3.86. The third-order valence-electron chi connectivity index (χ3n) is 2.85. The number of nitrogens with one attached hydrogen (secondary N) is 1. The van der Waals surface area contributed by atoms with Crippen molar-refractivity contribution < 1.29 is 9.53 Å². The van der Waals surface area contributed by atoms with Gasteiger partial charge in [-0.25, -0.2) is 4.98 Å². The van der Waals surface area contributed by atoms with Crippen LogP contribution in [-0.4, -0.2) is 23.4 Å². The Bertz CT molecular complexity index is 763. The Kier molecular flexibility index (Phi) is 3.12. The van der Waals surface area contributed by atoms with Crippen LogP contribution in [0.2, 0.25) is 0 Å². The summed E-state index contributed by atoms with van der Waals surface area (Å²) in [4.78, 5) is 20.0. The first-order valence-electron chi connectivity index (χ1n) is 5.50. The van der Waals surface area contributed by atoms with Gasteiger partial charge in [-0.2, -0.15) is 0 Å². The number of rotatable bonds is 3. The third-order valence-corrected chi connectivity index (χ3v) is 5.00. The molecule has 96 valence electrons. The molecule has 0 amide bonds. The van der Waals surface area contributed by atoms with Crippen LogP contribution in [0.15, 0.2) is 29.0 Å². The lowest BCUT2D eigenvalue weighted by Gasteiger charge is -2.02. The van der Waals surface area contributed by atoms with Crippen molar-refractivity contribution in [2.75, 3.05) is 7.11 Å². The van der Waals surface area contributed by atoms with Gasteiger partial charge in [0.05, 0.1) is 16.5 Å². The Hall–Kier alpha value is -1.66. The van der Waals surface area contributed by atoms with Gasteiger partial charge in [-0.15, -0.1) is 11.3 Å². The van der Waals surface area contributed by atoms with E-state index in [1.54, 1.807) is 13.3 Å². The Morgan fingerprint density at radius 1 is 1.47 bits per heavy atom. The molecule has 0 aromatic carbocycles. The molecule has 3 heterocycles. The molecule has 1 N–H and O–H groups in total. The van der Waals surface area contributed by atoms with Crippen molar-refractivity contribution in [3.8, 4) is 16.2 Å². The minimum absolute atomic E-state index is 0.574. The molecule has 0 saturated carbocycles. The lowest BCUT2D eigenvalue weighted by molar-refractivity contribution is 0.112. The van der Waals surface area contributed by atoms with E-state index in [-0.39, 0.29) is 0 Å². The zero-order valence-corrected chi connectivity index (χ0v) is 12.3. The monoisotopic (exact) mass is 336 g/mol. The molecule has 3 rings (SSSR count). The smallest absolute Gasteiger partial charge is 0.163 e. The maximum atomic E-state index is 11.1. The number of halogens is 1. The molecule has 0 fully saturated rings. The molecule has 0 aliphatic heterocycles. The van der Waals surface area contributed by atoms with Crippen molar-refractivity contribution in [3.63, 3.8) is 0 Å². The standard InChI is InChI=1S/C13H9BrN2O2S/c1-18-11-9(6-17)19-12(10(11)14)7-2-4-15-13-8(7)3-5-16-13/h2-6H,1H3,(H,15,16). The number of H-pyrrole nitrogens is 1. The van der Waals surface area contributed by atoms with Gasteiger partial charge in [0.15, 0.2) is 12.0 Å². The number of aromatic nitrogens is 2. The average molecular weight is 337 g/mol. The highest BCUT2D eigenvalue weighted by atomic mass is 79.9. The first-order chi connectivity index (χ1) is 9.26. The molecule has 3 aromatic rings. The van der Waals surface area contributed by atoms with Crippen LogP contribution in [0.3, 0.4) is 0 Å². The van der Waals surface area contributed by atoms with Gasteiger partial charge >= 0.3 is 0 Å². The summed E-state index contributed by atoms with van der Waals surface area (Å²) in [6.07, 6.45) is 4.40. The molecule has 0 spiro atoms. The summed E-state index contributed by atoms with van der Waals surface area (Å²) in [7, 11) is 1.56. The summed E-state index contributed by atoms with van der Waals surface area (Å²) in [5, 5.41) is 1.02. The molecular weight excluding hydrogens is 328 g/mol. The first-order valence-corrected chi connectivity index (χ1v) is 7.11. The minimum Gasteiger partial charge on any atom is -0.494 e. The summed E-state index contributed by atoms with van der Waals surface area (Å²) in [5.41, 5.74) is 1.85. The van der Waals surface area contributed by atoms with E-state index in [9.17, 15) is 4.79 Å². The van der Waals surface area contributed by atoms with Crippen molar-refractivity contribution in [2.24, 2.45) is 0 Å². The number of aromatic amines is 1. The summed E-state index contributed by atoms with van der Waals surface area (Å²) < 4.78 is 6.07. The molecule has 4 nitrogen and oxygen atoms in total. The number of aldehydes is 1. The molecule has 19 heavy (non-hydrogen) atoms. The summed E-state index contributed by atoms with van der Waals surface area (Å²) in [5.74, 6) is 0.579. The van der Waals surface area contributed by atoms with Gasteiger partial charge < -0.3 is 9.72 Å². The zero-order chi connectivity index (χ0) is 13.4. The molecule has 6 heteroatoms. The van der Waals surface area contributed by atoms with Crippen molar-refractivity contribution in [3.05, 3.63) is 33.9 Å². The number of hydrogen-bond acceptors (Lipinski definition) is 4. The van der Waals surface area contributed by atoms with Gasteiger partial charge in [0.2, 0.25) is 0 Å². The Morgan fingerprint density at radius 2 is 2.32 bits per heavy atom. The van der Waals surface area contributed by atoms with Gasteiger partial charge in [-0.1, -0.05) is 0 Å². The largest absolute Gasteiger partial charge is 0.494 e. The SMILES string of the molecule is COc1c(C=O)sc(-c2ccnc3[nH]ccc23)c1Br. The predicted molar refractivity (Wildman–Crippen MR) is 79.0 cm³/mol. The van der Waals surface area contributed by atoms with Gasteiger partial charge in [0.1, 0.15) is 10.5 Å². The van der Waals surface area contributed by atoms with Crippen LogP contribution in [0.25, 0.3) is 21.5 Å². The maximum Gasteiger partial charge on any atom is 0.163 e. The van der Waals surface area contributed by atoms with Gasteiger partial charge in [0, 0.05) is 23.3 Å². The minimum atomic E-state index is 0.574. The Labute approximate surface area is 121 Å². The van der Waals surface area contributed by atoms with Crippen molar-refractivity contribution in [1.82, 2.24) is 9.97 Å². The van der Waals surface area contributed by atoms with E-state index in [0.29, 0.717) is 10.6 Å². The van der Waals surface area contributed by atoms with Crippen LogP contribution >= 0.6 is 27.3 Å². The van der Waals surface area contributed by atoms with E-state index < -0.39 is 0 Å². The van der Waals surface area contributed by atoms with Gasteiger partial charge in [-0.3, -0.25) is 4.79 Å². The van der Waals surface area contributed by atoms with Crippen LogP contribution in [0, 0.1) is 0 Å². The first kappa shape index (κ1) is 12.4. The van der Waals surface area contributed by atoms with E-state index in [4.69, 9.17) is 4.74 Å². The number of methoxy groups -OCH3 is 1. The molecule has 0 aliphatic carbocycles. The molecule has 3 aromatic heterocycles. The van der Waals surface area contributed by atoms with Crippen LogP contribution in [0.4, 0.5) is 0 Å². The van der Waals surface area contributed by atoms with Crippen LogP contribution in [0.1, 0.15) is 9.67 Å². The average Bonchev–Trinajstić information content (AvgIpc) is 3.02. The lowest BCUT2D eigenvalue weighted by atomic mass is 10.1. The van der Waals surface area contributed by atoms with Crippen molar-refractivity contribution >= 4 is 44.6 Å². The topological polar surface area (TPSA) is 55.0 Å². The molecular formula is C13H9BrN2O2S. The van der Waals surface area contributed by atoms with Gasteiger partial charge in [-0.05, 0) is 28.1 Å². The summed E-state index contributed by atoms with van der Waals surface area (Å²) in [6, 6.07) is 3.90. The maximum absolute atomic E-state index is 11.1. The molecule has 0 unspecified atom stereocenters. The Morgan fingerprint density at radius 3 is 3.00 bits per heavy atom. The third kappa shape index (κ3) is 1.87. The number of ether oxygens (including phenoxy) is 1. The molecule has 0 bridgehead atoms. The molecule has 0 saturated heterocycles. The number of thiophene rings is 1. The predicted octanol–water partition coefficient (Wildman–Crippen LogP) is 3.88. The van der Waals surface area contributed by atoms with E-state index in [2.05, 4.69) is 25.9 Å². The normalized spacial score (nSPS) is 10.8. The quantitative estimate of drug-likeness (QED) is 0.738. The highest BCUT2D eigenvalue weighted by Gasteiger charge is 2.19. The molecule has 0 atom stereocenters. The second-order valence-corrected chi connectivity index (χ2v) is 5.70. The number of carbonyl (C=O) groups is 1. The highest BCUT2D eigenvalue weighted by molar-refractivity contribution is 9.10. The van der Waals surface area contributed by atoms with Crippen molar-refractivity contribution in [1.29, 1.82) is 0 Å². The summed E-state index contributed by atoms with van der Waals surface area (Å²) >= 11 is 4.91. The Balaban J connectivity index is 2.30. The second kappa shape index (κ2) is 4.79. The summed E-state index contributed by atoms with van der Waals surface area (Å²) in [6.45, 7) is 0. The number of pyridine rings is 1. The molecule has 0 radical (unpaired) electrons. The zero-order valence-electron chi connectivity index (χ0n) is 9.94. The number of fused-ring (bicyclic) bond motifs is 1. The van der Waals surface area contributed by atoms with E-state index in [1.807, 2.05) is 18.3 Å². The van der Waals surface area contributed by atoms with Crippen molar-refractivity contribution in [2.45, 2.75) is 0 Å². The number of carbonyl (C=O) groups excluding carboxylic acids is 1. The highest BCUT2D eigenvalue weighted by Crippen LogP contribution is 2.46. The lowest BCUT2D eigenvalue weighted by Crippen LogP contribution is -1.85. The number of nitrogens with zero attached hydrogens (tertiary/aromatic N) is 1. The fourth-order valence-electron chi connectivity index (χ4n) is 2.01. The van der Waals surface area contributed by atoms with Gasteiger partial charge in [0.25, 0.3) is 0 Å². The van der Waals surface area contributed by atoms with E-state index >= 15 is 0 Å². The fourth-order valence-corrected chi connectivity index (χ4v) is 3.99.